The van der Waals surface area contributed by atoms with Crippen molar-refractivity contribution in [3.8, 4) is 0 Å². The van der Waals surface area contributed by atoms with Gasteiger partial charge in [0.15, 0.2) is 5.16 Å². The summed E-state index contributed by atoms with van der Waals surface area (Å²) in [5.74, 6) is 0.928. The first-order valence-electron chi connectivity index (χ1n) is 9.75. The van der Waals surface area contributed by atoms with Crippen LogP contribution >= 0.6 is 50.8 Å². The summed E-state index contributed by atoms with van der Waals surface area (Å²) in [6, 6.07) is 7.41. The summed E-state index contributed by atoms with van der Waals surface area (Å²) in [7, 11) is 0. The molecule has 4 rings (SSSR count). The van der Waals surface area contributed by atoms with E-state index in [9.17, 15) is 9.59 Å². The predicted octanol–water partition coefficient (Wildman–Crippen LogP) is 5.71. The molecule has 0 unspecified atom stereocenters. The Kier molecular flexibility index (Phi) is 6.67. The second-order valence-corrected chi connectivity index (χ2v) is 12.5. The number of nitrogens with one attached hydrogen (secondary N) is 1. The molecule has 0 saturated heterocycles. The van der Waals surface area contributed by atoms with E-state index in [1.165, 1.54) is 16.6 Å². The number of fused-ring (bicyclic) bond motifs is 3. The number of carbonyl (C=O) groups excluding carboxylic acids is 1. The van der Waals surface area contributed by atoms with Crippen molar-refractivity contribution in [2.45, 2.75) is 42.5 Å². The molecule has 9 heteroatoms. The van der Waals surface area contributed by atoms with Crippen molar-refractivity contribution in [2.24, 2.45) is 0 Å². The summed E-state index contributed by atoms with van der Waals surface area (Å²) in [4.78, 5) is 32.7. The van der Waals surface area contributed by atoms with Gasteiger partial charge in [-0.3, -0.25) is 14.2 Å². The average molecular weight is 537 g/mol. The lowest BCUT2D eigenvalue weighted by Gasteiger charge is -2.28. The average Bonchev–Trinajstić information content (AvgIpc) is 3.07. The van der Waals surface area contributed by atoms with Crippen LogP contribution in [-0.2, 0) is 23.5 Å². The van der Waals surface area contributed by atoms with Crippen LogP contribution in [0.1, 0.15) is 24.3 Å². The number of aromatic nitrogens is 2. The molecule has 1 aliphatic rings. The minimum Gasteiger partial charge on any atom is -0.325 e. The van der Waals surface area contributed by atoms with Gasteiger partial charge in [-0.05, 0) is 36.2 Å². The Hall–Kier alpha value is -1.55. The highest BCUT2D eigenvalue weighted by Crippen LogP contribution is 2.44. The fourth-order valence-corrected chi connectivity index (χ4v) is 6.92. The van der Waals surface area contributed by atoms with Gasteiger partial charge in [0.2, 0.25) is 5.91 Å². The Labute approximate surface area is 201 Å². The zero-order valence-corrected chi connectivity index (χ0v) is 21.3. The molecule has 0 aliphatic carbocycles. The highest BCUT2D eigenvalue weighted by molar-refractivity contribution is 9.10. The monoisotopic (exact) mass is 535 g/mol. The quantitative estimate of drug-likeness (QED) is 0.249. The van der Waals surface area contributed by atoms with Gasteiger partial charge in [-0.1, -0.05) is 47.6 Å². The maximum atomic E-state index is 13.4. The molecule has 1 N–H and O–H groups in total. The van der Waals surface area contributed by atoms with E-state index in [0.29, 0.717) is 11.7 Å². The minimum atomic E-state index is -0.143. The van der Waals surface area contributed by atoms with Gasteiger partial charge >= 0.3 is 0 Å². The molecule has 1 amide bonds. The second kappa shape index (κ2) is 9.13. The predicted molar refractivity (Wildman–Crippen MR) is 137 cm³/mol. The lowest BCUT2D eigenvalue weighted by molar-refractivity contribution is -0.113. The van der Waals surface area contributed by atoms with Gasteiger partial charge in [0.05, 0.1) is 11.1 Å². The summed E-state index contributed by atoms with van der Waals surface area (Å²) in [6.45, 7) is 8.59. The van der Waals surface area contributed by atoms with Crippen LogP contribution < -0.4 is 10.9 Å². The van der Waals surface area contributed by atoms with Gasteiger partial charge in [0.25, 0.3) is 5.56 Å². The number of anilines is 1. The van der Waals surface area contributed by atoms with Crippen molar-refractivity contribution < 1.29 is 4.79 Å². The molecular formula is C22H22BrN3O2S3. The SMILES string of the molecule is C=CCn1c(SCC(=O)Nc2ccc(Br)cc2)nc2sc3c(c2c1=O)CC(C)(C)SC3. The molecule has 31 heavy (non-hydrogen) atoms. The van der Waals surface area contributed by atoms with Crippen LogP contribution in [0.4, 0.5) is 5.69 Å². The van der Waals surface area contributed by atoms with E-state index in [2.05, 4.69) is 41.7 Å². The van der Waals surface area contributed by atoms with Gasteiger partial charge in [-0.15, -0.1) is 29.7 Å². The number of carbonyl (C=O) groups is 1. The maximum Gasteiger partial charge on any atom is 0.263 e. The third-order valence-electron chi connectivity index (χ3n) is 4.93. The molecule has 3 heterocycles. The van der Waals surface area contributed by atoms with E-state index < -0.39 is 0 Å². The Morgan fingerprint density at radius 1 is 1.39 bits per heavy atom. The Morgan fingerprint density at radius 2 is 2.13 bits per heavy atom. The molecule has 0 radical (unpaired) electrons. The van der Waals surface area contributed by atoms with Crippen molar-refractivity contribution in [1.82, 2.24) is 9.55 Å². The third-order valence-corrected chi connectivity index (χ3v) is 9.10. The number of amides is 1. The van der Waals surface area contributed by atoms with E-state index in [0.717, 1.165) is 38.1 Å². The number of halogens is 1. The zero-order chi connectivity index (χ0) is 22.2. The van der Waals surface area contributed by atoms with E-state index in [1.54, 1.807) is 22.0 Å². The zero-order valence-electron chi connectivity index (χ0n) is 17.2. The number of benzene rings is 1. The van der Waals surface area contributed by atoms with E-state index in [1.807, 2.05) is 36.0 Å². The Balaban J connectivity index is 1.62. The normalized spacial score (nSPS) is 14.9. The van der Waals surface area contributed by atoms with Gasteiger partial charge in [-0.25, -0.2) is 4.98 Å². The second-order valence-electron chi connectivity index (χ2n) is 7.85. The lowest BCUT2D eigenvalue weighted by Crippen LogP contribution is -2.27. The van der Waals surface area contributed by atoms with Crippen LogP contribution in [0.5, 0.6) is 0 Å². The molecule has 0 bridgehead atoms. The highest BCUT2D eigenvalue weighted by Gasteiger charge is 2.31. The molecule has 1 aromatic carbocycles. The molecule has 5 nitrogen and oxygen atoms in total. The number of nitrogens with zero attached hydrogens (tertiary/aromatic N) is 2. The molecule has 1 aliphatic heterocycles. The van der Waals surface area contributed by atoms with E-state index >= 15 is 0 Å². The summed E-state index contributed by atoms with van der Waals surface area (Å²) in [6.07, 6.45) is 2.56. The molecule has 2 aromatic heterocycles. The van der Waals surface area contributed by atoms with Crippen molar-refractivity contribution in [3.63, 3.8) is 0 Å². The molecule has 0 saturated carbocycles. The largest absolute Gasteiger partial charge is 0.325 e. The Bertz CT molecular complexity index is 1220. The molecule has 162 valence electrons. The first kappa shape index (κ1) is 22.6. The number of thiophene rings is 1. The molecule has 0 atom stereocenters. The summed E-state index contributed by atoms with van der Waals surface area (Å²) in [5, 5.41) is 4.16. The van der Waals surface area contributed by atoms with Crippen LogP contribution in [0, 0.1) is 0 Å². The van der Waals surface area contributed by atoms with Crippen molar-refractivity contribution in [2.75, 3.05) is 11.1 Å². The van der Waals surface area contributed by atoms with E-state index in [-0.39, 0.29) is 22.0 Å². The molecule has 0 fully saturated rings. The third kappa shape index (κ3) is 4.94. The number of rotatable bonds is 6. The summed E-state index contributed by atoms with van der Waals surface area (Å²) >= 11 is 8.18. The number of allylic oxidation sites excluding steroid dienone is 1. The maximum absolute atomic E-state index is 13.4. The van der Waals surface area contributed by atoms with Crippen LogP contribution in [0.2, 0.25) is 0 Å². The first-order valence-corrected chi connectivity index (χ1v) is 13.3. The number of hydrogen-bond donors (Lipinski definition) is 1. The van der Waals surface area contributed by atoms with Gasteiger partial charge in [0, 0.05) is 32.1 Å². The van der Waals surface area contributed by atoms with Crippen molar-refractivity contribution in [1.29, 1.82) is 0 Å². The Morgan fingerprint density at radius 3 is 2.84 bits per heavy atom. The lowest BCUT2D eigenvalue weighted by atomic mass is 10.00. The van der Waals surface area contributed by atoms with Crippen LogP contribution in [0.3, 0.4) is 0 Å². The number of thioether (sulfide) groups is 2. The summed E-state index contributed by atoms with van der Waals surface area (Å²) in [5.41, 5.74) is 1.83. The number of hydrogen-bond acceptors (Lipinski definition) is 6. The molecule has 3 aromatic rings. The van der Waals surface area contributed by atoms with Gasteiger partial charge in [-0.2, -0.15) is 0 Å². The highest BCUT2D eigenvalue weighted by atomic mass is 79.9. The fourth-order valence-electron chi connectivity index (χ4n) is 3.47. The van der Waals surface area contributed by atoms with E-state index in [4.69, 9.17) is 4.98 Å². The smallest absolute Gasteiger partial charge is 0.263 e. The van der Waals surface area contributed by atoms with Crippen LogP contribution in [0.25, 0.3) is 10.2 Å². The van der Waals surface area contributed by atoms with Gasteiger partial charge < -0.3 is 5.32 Å². The van der Waals surface area contributed by atoms with Crippen LogP contribution in [-0.4, -0.2) is 26.0 Å². The standard InChI is InChI=1S/C22H22BrN3O2S3/c1-4-9-26-20(28)18-15-10-22(2,3)30-11-16(15)31-19(18)25-21(26)29-12-17(27)24-14-7-5-13(23)6-8-14/h4-8H,1,9-12H2,2-3H3,(H,24,27). The van der Waals surface area contributed by atoms with Crippen molar-refractivity contribution in [3.05, 3.63) is 62.2 Å². The minimum absolute atomic E-state index is 0.0408. The van der Waals surface area contributed by atoms with Gasteiger partial charge in [0.1, 0.15) is 4.83 Å². The molecule has 0 spiro atoms. The summed E-state index contributed by atoms with van der Waals surface area (Å²) < 4.78 is 2.69. The van der Waals surface area contributed by atoms with Crippen LogP contribution in [0.15, 0.2) is 51.3 Å². The topological polar surface area (TPSA) is 64.0 Å². The van der Waals surface area contributed by atoms with Crippen molar-refractivity contribution >= 4 is 72.6 Å². The molecular weight excluding hydrogens is 514 g/mol. The first-order chi connectivity index (χ1) is 14.8. The fraction of sp³-hybridized carbons (Fsp3) is 0.318.